The number of carbonyl (C=O) groups excluding carboxylic acids is 1. The number of Topliss-reactive ketones (excluding diaryl/α,β-unsaturated/α-hetero) is 1. The van der Waals surface area contributed by atoms with Crippen molar-refractivity contribution in [2.45, 2.75) is 32.2 Å². The lowest BCUT2D eigenvalue weighted by molar-refractivity contribution is 0.105. The van der Waals surface area contributed by atoms with Gasteiger partial charge in [0.2, 0.25) is 5.78 Å². The van der Waals surface area contributed by atoms with Gasteiger partial charge in [0.05, 0.1) is 0 Å². The van der Waals surface area contributed by atoms with Crippen LogP contribution < -0.4 is 0 Å². The Morgan fingerprint density at radius 1 is 1.36 bits per heavy atom. The zero-order valence-electron chi connectivity index (χ0n) is 12.9. The maximum absolute atomic E-state index is 12.2. The number of ketones is 1. The van der Waals surface area contributed by atoms with Crippen molar-refractivity contribution in [3.8, 4) is 11.8 Å². The summed E-state index contributed by atoms with van der Waals surface area (Å²) in [5.74, 6) is 5.42. The van der Waals surface area contributed by atoms with Gasteiger partial charge in [-0.25, -0.2) is 4.63 Å². The maximum Gasteiger partial charge on any atom is 0.236 e. The van der Waals surface area contributed by atoms with Gasteiger partial charge in [0.25, 0.3) is 0 Å². The third-order valence-electron chi connectivity index (χ3n) is 2.74. The average molecular weight is 428 g/mol. The van der Waals surface area contributed by atoms with Crippen molar-refractivity contribution in [2.24, 2.45) is 0 Å². The summed E-state index contributed by atoms with van der Waals surface area (Å²) in [7, 11) is -1.74. The van der Waals surface area contributed by atoms with Gasteiger partial charge in [-0.1, -0.05) is 28.5 Å². The zero-order chi connectivity index (χ0) is 16.4. The molecule has 1 aromatic heterocycles. The molecule has 0 fully saturated rings. The summed E-state index contributed by atoms with van der Waals surface area (Å²) in [6, 6.07) is 4.99. The topological polar surface area (TPSA) is 65.2 Å². The average Bonchev–Trinajstić information content (AvgIpc) is 2.90. The van der Waals surface area contributed by atoms with Crippen molar-refractivity contribution < 1.29 is 13.8 Å². The first-order valence-electron chi connectivity index (χ1n) is 6.78. The van der Waals surface area contributed by atoms with Crippen LogP contribution in [0, 0.1) is 11.8 Å². The largest absolute Gasteiger partial charge is 0.401 e. The van der Waals surface area contributed by atoms with Gasteiger partial charge in [-0.3, -0.25) is 4.79 Å². The van der Waals surface area contributed by atoms with Crippen LogP contribution in [0.5, 0.6) is 0 Å². The van der Waals surface area contributed by atoms with Gasteiger partial charge in [-0.2, -0.15) is 0 Å². The van der Waals surface area contributed by atoms with Crippen molar-refractivity contribution in [1.82, 2.24) is 10.3 Å². The van der Waals surface area contributed by atoms with E-state index in [1.165, 1.54) is 0 Å². The molecular formula is C15H17IN2O3Si. The minimum absolute atomic E-state index is 0.264. The number of hydrogen-bond donors (Lipinski definition) is 0. The minimum atomic E-state index is -1.74. The number of benzene rings is 1. The van der Waals surface area contributed by atoms with E-state index >= 15 is 0 Å². The van der Waals surface area contributed by atoms with E-state index in [4.69, 9.17) is 4.43 Å². The second-order valence-corrected chi connectivity index (χ2v) is 11.3. The molecule has 2 aromatic rings. The standard InChI is InChI=1S/C15H17IN2O3Si/c1-15(10-16,20-22(2,3)4)8-7-14(19)11-5-6-12-13(9-11)18-21-17-12/h5-6,9H,10H2,1-4H3. The second-order valence-electron chi connectivity index (χ2n) is 6.13. The Kier molecular flexibility index (Phi) is 5.04. The van der Waals surface area contributed by atoms with Crippen molar-refractivity contribution in [1.29, 1.82) is 0 Å². The first-order chi connectivity index (χ1) is 10.2. The van der Waals surface area contributed by atoms with Crippen molar-refractivity contribution in [3.05, 3.63) is 23.8 Å². The van der Waals surface area contributed by atoms with Gasteiger partial charge in [-0.15, -0.1) is 0 Å². The molecule has 116 valence electrons. The van der Waals surface area contributed by atoms with Crippen LogP contribution in [0.25, 0.3) is 11.0 Å². The maximum atomic E-state index is 12.2. The third kappa shape index (κ3) is 4.38. The predicted octanol–water partition coefficient (Wildman–Crippen LogP) is 3.45. The molecule has 22 heavy (non-hydrogen) atoms. The Balaban J connectivity index is 2.23. The molecule has 5 nitrogen and oxygen atoms in total. The Morgan fingerprint density at radius 3 is 2.68 bits per heavy atom. The van der Waals surface area contributed by atoms with Crippen molar-refractivity contribution in [2.75, 3.05) is 4.43 Å². The van der Waals surface area contributed by atoms with Crippen LogP contribution in [0.3, 0.4) is 0 Å². The first-order valence-corrected chi connectivity index (χ1v) is 11.7. The molecule has 0 amide bonds. The van der Waals surface area contributed by atoms with Gasteiger partial charge in [0.15, 0.2) is 8.32 Å². The van der Waals surface area contributed by atoms with Crippen molar-refractivity contribution >= 4 is 47.7 Å². The monoisotopic (exact) mass is 428 g/mol. The van der Waals surface area contributed by atoms with Crippen LogP contribution in [0.1, 0.15) is 17.3 Å². The Hall–Kier alpha value is -1.24. The van der Waals surface area contributed by atoms with E-state index in [0.717, 1.165) is 0 Å². The van der Waals surface area contributed by atoms with Crippen LogP contribution in [0.2, 0.25) is 19.6 Å². The summed E-state index contributed by atoms with van der Waals surface area (Å²) in [5, 5.41) is 7.44. The summed E-state index contributed by atoms with van der Waals surface area (Å²) in [5.41, 5.74) is 1.02. The van der Waals surface area contributed by atoms with E-state index in [1.54, 1.807) is 18.2 Å². The number of hydrogen-bond acceptors (Lipinski definition) is 5. The number of carbonyl (C=O) groups is 1. The van der Waals surface area contributed by atoms with Gasteiger partial charge in [-0.05, 0) is 61.0 Å². The van der Waals surface area contributed by atoms with E-state index in [0.29, 0.717) is 21.0 Å². The lowest BCUT2D eigenvalue weighted by Gasteiger charge is -2.30. The van der Waals surface area contributed by atoms with Gasteiger partial charge < -0.3 is 4.43 Å². The number of fused-ring (bicyclic) bond motifs is 1. The van der Waals surface area contributed by atoms with Gasteiger partial charge in [0, 0.05) is 9.99 Å². The highest BCUT2D eigenvalue weighted by atomic mass is 127. The smallest absolute Gasteiger partial charge is 0.236 e. The van der Waals surface area contributed by atoms with E-state index in [1.807, 2.05) is 6.92 Å². The van der Waals surface area contributed by atoms with E-state index in [2.05, 4.69) is 69.0 Å². The molecule has 1 atom stereocenters. The molecular weight excluding hydrogens is 411 g/mol. The molecule has 1 heterocycles. The van der Waals surface area contributed by atoms with Crippen molar-refractivity contribution in [3.63, 3.8) is 0 Å². The normalized spacial score (nSPS) is 14.2. The second kappa shape index (κ2) is 6.48. The summed E-state index contributed by atoms with van der Waals surface area (Å²) >= 11 is 2.23. The highest BCUT2D eigenvalue weighted by molar-refractivity contribution is 14.1. The molecule has 2 rings (SSSR count). The molecule has 0 N–H and O–H groups in total. The van der Waals surface area contributed by atoms with Crippen LogP contribution in [-0.4, -0.2) is 34.4 Å². The summed E-state index contributed by atoms with van der Waals surface area (Å²) in [6.07, 6.45) is 0. The molecule has 0 aliphatic rings. The molecule has 0 radical (unpaired) electrons. The van der Waals surface area contributed by atoms with E-state index in [9.17, 15) is 4.79 Å². The minimum Gasteiger partial charge on any atom is -0.401 e. The molecule has 0 aliphatic carbocycles. The molecule has 0 saturated heterocycles. The number of halogens is 1. The molecule has 0 saturated carbocycles. The molecule has 1 aromatic carbocycles. The SMILES string of the molecule is CC(C#CC(=O)c1ccc2nonc2c1)(CI)O[Si](C)(C)C. The Bertz CT molecular complexity index is 757. The highest BCUT2D eigenvalue weighted by Crippen LogP contribution is 2.20. The molecule has 7 heteroatoms. The van der Waals surface area contributed by atoms with Gasteiger partial charge in [0.1, 0.15) is 16.6 Å². The highest BCUT2D eigenvalue weighted by Gasteiger charge is 2.29. The lowest BCUT2D eigenvalue weighted by Crippen LogP contribution is -2.40. The molecule has 0 spiro atoms. The van der Waals surface area contributed by atoms with Crippen LogP contribution >= 0.6 is 22.6 Å². The first kappa shape index (κ1) is 17.1. The van der Waals surface area contributed by atoms with Gasteiger partial charge >= 0.3 is 0 Å². The van der Waals surface area contributed by atoms with E-state index < -0.39 is 13.9 Å². The van der Waals surface area contributed by atoms with E-state index in [-0.39, 0.29) is 5.78 Å². The Labute approximate surface area is 144 Å². The quantitative estimate of drug-likeness (QED) is 0.186. The molecule has 0 aliphatic heterocycles. The molecule has 0 bridgehead atoms. The number of aromatic nitrogens is 2. The van der Waals surface area contributed by atoms with Crippen LogP contribution in [-0.2, 0) is 4.43 Å². The lowest BCUT2D eigenvalue weighted by atomic mass is 10.1. The summed E-state index contributed by atoms with van der Waals surface area (Å²) < 4.78 is 11.4. The fraction of sp³-hybridized carbons (Fsp3) is 0.400. The summed E-state index contributed by atoms with van der Waals surface area (Å²) in [4.78, 5) is 12.2. The number of alkyl halides is 1. The fourth-order valence-electron chi connectivity index (χ4n) is 1.95. The third-order valence-corrected chi connectivity index (χ3v) is 5.26. The Morgan fingerprint density at radius 2 is 2.05 bits per heavy atom. The van der Waals surface area contributed by atoms with Crippen LogP contribution in [0.15, 0.2) is 22.8 Å². The van der Waals surface area contributed by atoms with Crippen LogP contribution in [0.4, 0.5) is 0 Å². The fourth-order valence-corrected chi connectivity index (χ4v) is 4.06. The zero-order valence-corrected chi connectivity index (χ0v) is 16.1. The summed E-state index contributed by atoms with van der Waals surface area (Å²) in [6.45, 7) is 8.23. The molecule has 1 unspecified atom stereocenters. The predicted molar refractivity (Wildman–Crippen MR) is 95.6 cm³/mol. The number of nitrogens with zero attached hydrogens (tertiary/aromatic N) is 2. The number of rotatable bonds is 4.